The average Bonchev–Trinajstić information content (AvgIpc) is 3.00. The Bertz CT molecular complexity index is 605. The molecule has 1 atom stereocenters. The van der Waals surface area contributed by atoms with Crippen LogP contribution in [0.3, 0.4) is 0 Å². The van der Waals surface area contributed by atoms with E-state index in [-0.39, 0.29) is 25.2 Å². The van der Waals surface area contributed by atoms with Gasteiger partial charge in [-0.05, 0) is 18.8 Å². The van der Waals surface area contributed by atoms with Gasteiger partial charge in [0.25, 0.3) is 0 Å². The van der Waals surface area contributed by atoms with Crippen LogP contribution in [0.25, 0.3) is 0 Å². The van der Waals surface area contributed by atoms with Gasteiger partial charge in [-0.2, -0.15) is 0 Å². The third-order valence-electron chi connectivity index (χ3n) is 8.77. The fourth-order valence-electron chi connectivity index (χ4n) is 5.80. The van der Waals surface area contributed by atoms with E-state index in [1.165, 1.54) is 154 Å². The van der Waals surface area contributed by atoms with Gasteiger partial charge in [-0.25, -0.2) is 0 Å². The SMILES string of the molecule is CCCCCCCCCCCCCCCC(=O)OC[C@H](O)COC(=O)CCCCCCCCCCCCCCCCC(C)C. The lowest BCUT2D eigenvalue weighted by Crippen LogP contribution is -2.25. The summed E-state index contributed by atoms with van der Waals surface area (Å²) in [4.78, 5) is 23.9. The molecule has 5 heteroatoms. The zero-order chi connectivity index (χ0) is 32.4. The number of rotatable bonds is 35. The van der Waals surface area contributed by atoms with Gasteiger partial charge in [-0.15, -0.1) is 0 Å². The molecule has 0 rings (SSSR count). The van der Waals surface area contributed by atoms with Crippen LogP contribution in [0.2, 0.25) is 0 Å². The fraction of sp³-hybridized carbons (Fsp3) is 0.949. The van der Waals surface area contributed by atoms with E-state index in [1.54, 1.807) is 0 Å². The summed E-state index contributed by atoms with van der Waals surface area (Å²) < 4.78 is 10.3. The molecule has 0 fully saturated rings. The first-order valence-electron chi connectivity index (χ1n) is 19.4. The Labute approximate surface area is 274 Å². The van der Waals surface area contributed by atoms with E-state index in [0.717, 1.165) is 31.6 Å². The minimum atomic E-state index is -0.954. The van der Waals surface area contributed by atoms with Crippen LogP contribution in [0.15, 0.2) is 0 Å². The number of aliphatic hydroxyl groups excluding tert-OH is 1. The maximum Gasteiger partial charge on any atom is 0.305 e. The number of carbonyl (C=O) groups excluding carboxylic acids is 2. The average molecular weight is 625 g/mol. The largest absolute Gasteiger partial charge is 0.463 e. The molecule has 5 nitrogen and oxygen atoms in total. The molecule has 1 N–H and O–H groups in total. The van der Waals surface area contributed by atoms with E-state index >= 15 is 0 Å². The highest BCUT2D eigenvalue weighted by Gasteiger charge is 2.12. The summed E-state index contributed by atoms with van der Waals surface area (Å²) >= 11 is 0. The van der Waals surface area contributed by atoms with Crippen molar-refractivity contribution in [3.8, 4) is 0 Å². The summed E-state index contributed by atoms with van der Waals surface area (Å²) in [5, 5.41) is 10.00. The predicted molar refractivity (Wildman–Crippen MR) is 187 cm³/mol. The Morgan fingerprint density at radius 3 is 1.02 bits per heavy atom. The van der Waals surface area contributed by atoms with Gasteiger partial charge >= 0.3 is 11.9 Å². The van der Waals surface area contributed by atoms with Crippen LogP contribution in [-0.4, -0.2) is 36.4 Å². The van der Waals surface area contributed by atoms with Crippen molar-refractivity contribution in [1.82, 2.24) is 0 Å². The second-order valence-corrected chi connectivity index (χ2v) is 13.9. The standard InChI is InChI=1S/C39H76O5/c1-4-5-6-7-8-9-10-13-17-20-23-26-29-32-38(41)43-34-37(40)35-44-39(42)33-30-27-24-21-18-15-12-11-14-16-19-22-25-28-31-36(2)3/h36-37,40H,4-35H2,1-3H3/t37-/m0/s1. The lowest BCUT2D eigenvalue weighted by atomic mass is 10.0. The van der Waals surface area contributed by atoms with Gasteiger partial charge in [-0.3, -0.25) is 9.59 Å². The molecule has 0 unspecified atom stereocenters. The molecule has 0 spiro atoms. The third-order valence-corrected chi connectivity index (χ3v) is 8.77. The maximum atomic E-state index is 12.0. The minimum Gasteiger partial charge on any atom is -0.463 e. The monoisotopic (exact) mass is 625 g/mol. The van der Waals surface area contributed by atoms with E-state index in [4.69, 9.17) is 9.47 Å². The van der Waals surface area contributed by atoms with Crippen molar-refractivity contribution in [2.75, 3.05) is 13.2 Å². The number of carbonyl (C=O) groups is 2. The molecule has 0 aromatic heterocycles. The van der Waals surface area contributed by atoms with E-state index in [1.807, 2.05) is 0 Å². The first-order valence-corrected chi connectivity index (χ1v) is 19.4. The van der Waals surface area contributed by atoms with E-state index in [2.05, 4.69) is 20.8 Å². The van der Waals surface area contributed by atoms with Gasteiger partial charge in [0.05, 0.1) is 0 Å². The first kappa shape index (κ1) is 42.9. The van der Waals surface area contributed by atoms with Crippen LogP contribution < -0.4 is 0 Å². The van der Waals surface area contributed by atoms with Gasteiger partial charge in [0, 0.05) is 12.8 Å². The van der Waals surface area contributed by atoms with Crippen molar-refractivity contribution < 1.29 is 24.2 Å². The van der Waals surface area contributed by atoms with Crippen LogP contribution in [0.1, 0.15) is 213 Å². The van der Waals surface area contributed by atoms with E-state index < -0.39 is 6.10 Å². The number of ether oxygens (including phenoxy) is 2. The van der Waals surface area contributed by atoms with Crippen molar-refractivity contribution in [3.63, 3.8) is 0 Å². The Hall–Kier alpha value is -1.10. The smallest absolute Gasteiger partial charge is 0.305 e. The molecule has 44 heavy (non-hydrogen) atoms. The van der Waals surface area contributed by atoms with Crippen molar-refractivity contribution in [2.24, 2.45) is 5.92 Å². The van der Waals surface area contributed by atoms with Gasteiger partial charge < -0.3 is 14.6 Å². The third kappa shape index (κ3) is 35.4. The normalized spacial score (nSPS) is 12.1. The molecule has 0 aliphatic carbocycles. The van der Waals surface area contributed by atoms with E-state index in [9.17, 15) is 14.7 Å². The molecule has 0 aromatic rings. The van der Waals surface area contributed by atoms with E-state index in [0.29, 0.717) is 12.8 Å². The van der Waals surface area contributed by atoms with Crippen LogP contribution in [-0.2, 0) is 19.1 Å². The van der Waals surface area contributed by atoms with Crippen molar-refractivity contribution >= 4 is 11.9 Å². The number of esters is 2. The first-order chi connectivity index (χ1) is 21.5. The highest BCUT2D eigenvalue weighted by atomic mass is 16.6. The predicted octanol–water partition coefficient (Wildman–Crippen LogP) is 11.8. The van der Waals surface area contributed by atoms with Gasteiger partial charge in [0.2, 0.25) is 0 Å². The highest BCUT2D eigenvalue weighted by molar-refractivity contribution is 5.69. The molecule has 0 saturated heterocycles. The zero-order valence-electron chi connectivity index (χ0n) is 29.9. The molecule has 0 amide bonds. The lowest BCUT2D eigenvalue weighted by molar-refractivity contribution is -0.152. The Morgan fingerprint density at radius 2 is 0.727 bits per heavy atom. The molecule has 0 saturated carbocycles. The Morgan fingerprint density at radius 1 is 0.455 bits per heavy atom. The minimum absolute atomic E-state index is 0.108. The molecule has 262 valence electrons. The molecule has 0 aliphatic rings. The summed E-state index contributed by atoms with van der Waals surface area (Å²) in [6.45, 7) is 6.68. The molecule has 0 aliphatic heterocycles. The second-order valence-electron chi connectivity index (χ2n) is 13.9. The Balaban J connectivity index is 3.38. The molecule has 0 bridgehead atoms. The number of hydrogen-bond acceptors (Lipinski definition) is 5. The van der Waals surface area contributed by atoms with Crippen molar-refractivity contribution in [2.45, 2.75) is 219 Å². The van der Waals surface area contributed by atoms with Crippen LogP contribution in [0.4, 0.5) is 0 Å². The van der Waals surface area contributed by atoms with Gasteiger partial charge in [0.15, 0.2) is 0 Å². The summed E-state index contributed by atoms with van der Waals surface area (Å²) in [7, 11) is 0. The maximum absolute atomic E-state index is 12.0. The molecule has 0 aromatic carbocycles. The Kier molecular flexibility index (Phi) is 33.9. The number of unbranched alkanes of at least 4 members (excludes halogenated alkanes) is 25. The summed E-state index contributed by atoms with van der Waals surface area (Å²) in [6, 6.07) is 0. The van der Waals surface area contributed by atoms with Crippen molar-refractivity contribution in [3.05, 3.63) is 0 Å². The lowest BCUT2D eigenvalue weighted by Gasteiger charge is -2.12. The number of aliphatic hydroxyl groups is 1. The zero-order valence-corrected chi connectivity index (χ0v) is 29.9. The van der Waals surface area contributed by atoms with Crippen LogP contribution in [0.5, 0.6) is 0 Å². The van der Waals surface area contributed by atoms with Crippen LogP contribution in [0, 0.1) is 5.92 Å². The molecule has 0 radical (unpaired) electrons. The molecular weight excluding hydrogens is 548 g/mol. The van der Waals surface area contributed by atoms with Crippen LogP contribution >= 0.6 is 0 Å². The highest BCUT2D eigenvalue weighted by Crippen LogP contribution is 2.16. The topological polar surface area (TPSA) is 72.8 Å². The fourth-order valence-corrected chi connectivity index (χ4v) is 5.80. The second kappa shape index (κ2) is 34.8. The summed E-state index contributed by atoms with van der Waals surface area (Å²) in [5.74, 6) is 0.300. The molecular formula is C39H76O5. The van der Waals surface area contributed by atoms with Crippen molar-refractivity contribution in [1.29, 1.82) is 0 Å². The number of hydrogen-bond donors (Lipinski definition) is 1. The quantitative estimate of drug-likeness (QED) is 0.0561. The summed E-state index contributed by atoms with van der Waals surface area (Å²) in [6.07, 6.45) is 35.8. The van der Waals surface area contributed by atoms with Gasteiger partial charge in [0.1, 0.15) is 19.3 Å². The van der Waals surface area contributed by atoms with Gasteiger partial charge in [-0.1, -0.05) is 188 Å². The molecule has 0 heterocycles. The summed E-state index contributed by atoms with van der Waals surface area (Å²) in [5.41, 5.74) is 0.